The molecule has 0 aliphatic carbocycles. The number of carbonyl (C=O) groups excluding carboxylic acids is 1. The highest BCUT2D eigenvalue weighted by molar-refractivity contribution is 7.14. The molecule has 0 saturated heterocycles. The lowest BCUT2D eigenvalue weighted by Gasteiger charge is -2.30. The van der Waals surface area contributed by atoms with Crippen LogP contribution in [0.4, 0.5) is 15.2 Å². The molecule has 3 aromatic rings. The number of likely N-dealkylation sites (N-methyl/N-ethyl adjacent to an activating group) is 1. The van der Waals surface area contributed by atoms with Gasteiger partial charge in [0.15, 0.2) is 5.13 Å². The normalized spacial score (nSPS) is 12.1. The molecule has 0 aliphatic heterocycles. The third kappa shape index (κ3) is 6.03. The minimum absolute atomic E-state index is 0.0576. The van der Waals surface area contributed by atoms with E-state index in [0.29, 0.717) is 23.1 Å². The van der Waals surface area contributed by atoms with E-state index < -0.39 is 6.04 Å². The summed E-state index contributed by atoms with van der Waals surface area (Å²) in [6.07, 6.45) is 0.599. The lowest BCUT2D eigenvalue weighted by atomic mass is 10.1. The fourth-order valence-electron chi connectivity index (χ4n) is 3.16. The van der Waals surface area contributed by atoms with Crippen molar-refractivity contribution in [3.63, 3.8) is 0 Å². The Hall–Kier alpha value is -2.48. The van der Waals surface area contributed by atoms with Gasteiger partial charge in [0.2, 0.25) is 5.91 Å². The van der Waals surface area contributed by atoms with Gasteiger partial charge in [0, 0.05) is 34.7 Å². The summed E-state index contributed by atoms with van der Waals surface area (Å²) in [6.45, 7) is 3.30. The average molecular weight is 461 g/mol. The molecule has 0 aliphatic rings. The van der Waals surface area contributed by atoms with E-state index in [1.165, 1.54) is 23.5 Å². The smallest absolute Gasteiger partial charge is 0.243 e. The molecule has 31 heavy (non-hydrogen) atoms. The van der Waals surface area contributed by atoms with Crippen molar-refractivity contribution in [3.8, 4) is 11.3 Å². The van der Waals surface area contributed by atoms with E-state index in [0.717, 1.165) is 23.5 Å². The minimum atomic E-state index is -0.435. The van der Waals surface area contributed by atoms with Crippen LogP contribution in [-0.4, -0.2) is 49.0 Å². The van der Waals surface area contributed by atoms with Crippen molar-refractivity contribution in [2.24, 2.45) is 0 Å². The molecule has 0 radical (unpaired) electrons. The Bertz CT molecular complexity index is 992. The van der Waals surface area contributed by atoms with E-state index in [9.17, 15) is 9.18 Å². The Kier molecular flexibility index (Phi) is 8.01. The van der Waals surface area contributed by atoms with Crippen LogP contribution in [0.2, 0.25) is 5.02 Å². The van der Waals surface area contributed by atoms with Crippen LogP contribution in [-0.2, 0) is 4.79 Å². The first kappa shape index (κ1) is 23.2. The molecule has 5 nitrogen and oxygen atoms in total. The van der Waals surface area contributed by atoms with Crippen molar-refractivity contribution in [2.45, 2.75) is 19.4 Å². The molecule has 0 unspecified atom stereocenters. The molecule has 0 spiro atoms. The fourth-order valence-corrected chi connectivity index (χ4v) is 4.19. The number of rotatable bonds is 9. The highest BCUT2D eigenvalue weighted by Crippen LogP contribution is 2.35. The van der Waals surface area contributed by atoms with Crippen LogP contribution in [0.25, 0.3) is 11.3 Å². The highest BCUT2D eigenvalue weighted by atomic mass is 35.5. The second kappa shape index (κ2) is 10.7. The summed E-state index contributed by atoms with van der Waals surface area (Å²) in [5.41, 5.74) is 2.39. The molecule has 3 rings (SSSR count). The number of nitrogens with one attached hydrogen (secondary N) is 1. The molecule has 164 valence electrons. The number of anilines is 2. The summed E-state index contributed by atoms with van der Waals surface area (Å²) >= 11 is 7.53. The van der Waals surface area contributed by atoms with Crippen LogP contribution in [0, 0.1) is 5.82 Å². The predicted octanol–water partition coefficient (Wildman–Crippen LogP) is 5.20. The Morgan fingerprint density at radius 3 is 2.45 bits per heavy atom. The minimum Gasteiger partial charge on any atom is -0.353 e. The van der Waals surface area contributed by atoms with Crippen LogP contribution < -0.4 is 10.2 Å². The van der Waals surface area contributed by atoms with Crippen LogP contribution in [0.1, 0.15) is 13.3 Å². The Morgan fingerprint density at radius 1 is 1.16 bits per heavy atom. The lowest BCUT2D eigenvalue weighted by molar-refractivity contribution is -0.122. The van der Waals surface area contributed by atoms with E-state index in [1.807, 2.05) is 48.3 Å². The lowest BCUT2D eigenvalue weighted by Crippen LogP contribution is -2.46. The van der Waals surface area contributed by atoms with Crippen molar-refractivity contribution in [1.82, 2.24) is 15.2 Å². The molecule has 1 N–H and O–H groups in total. The van der Waals surface area contributed by atoms with Crippen LogP contribution >= 0.6 is 22.9 Å². The second-order valence-corrected chi connectivity index (χ2v) is 8.66. The largest absolute Gasteiger partial charge is 0.353 e. The van der Waals surface area contributed by atoms with E-state index in [1.54, 1.807) is 24.3 Å². The second-order valence-electron chi connectivity index (χ2n) is 7.39. The van der Waals surface area contributed by atoms with Gasteiger partial charge in [-0.25, -0.2) is 9.37 Å². The van der Waals surface area contributed by atoms with E-state index in [4.69, 9.17) is 16.6 Å². The maximum Gasteiger partial charge on any atom is 0.243 e. The van der Waals surface area contributed by atoms with Gasteiger partial charge in [0.25, 0.3) is 0 Å². The van der Waals surface area contributed by atoms with Gasteiger partial charge >= 0.3 is 0 Å². The third-order valence-electron chi connectivity index (χ3n) is 4.80. The molecule has 8 heteroatoms. The molecule has 0 fully saturated rings. The van der Waals surface area contributed by atoms with Crippen molar-refractivity contribution in [2.75, 3.05) is 32.1 Å². The van der Waals surface area contributed by atoms with Gasteiger partial charge in [0.05, 0.1) is 5.69 Å². The Balaban J connectivity index is 1.93. The predicted molar refractivity (Wildman–Crippen MR) is 127 cm³/mol. The monoisotopic (exact) mass is 460 g/mol. The standard InChI is InChI=1S/C23H26ClFN4OS/c1-4-21(22(30)26-13-14-28(2)3)29(19-11-7-17(24)8-12-19)23-27-20(15-31-23)16-5-9-18(25)10-6-16/h5-12,15,21H,4,13-14H2,1-3H3,(H,26,30)/t21-/m0/s1. The number of hydrogen-bond donors (Lipinski definition) is 1. The molecule has 2 aromatic carbocycles. The van der Waals surface area contributed by atoms with E-state index in [-0.39, 0.29) is 11.7 Å². The number of carbonyl (C=O) groups is 1. The topological polar surface area (TPSA) is 48.5 Å². The van der Waals surface area contributed by atoms with Crippen molar-refractivity contribution in [3.05, 3.63) is 64.8 Å². The molecule has 0 bridgehead atoms. The van der Waals surface area contributed by atoms with Gasteiger partial charge in [-0.05, 0) is 69.0 Å². The maximum atomic E-state index is 13.3. The highest BCUT2D eigenvalue weighted by Gasteiger charge is 2.28. The van der Waals surface area contributed by atoms with Gasteiger partial charge < -0.3 is 15.1 Å². The van der Waals surface area contributed by atoms with Crippen molar-refractivity contribution in [1.29, 1.82) is 0 Å². The summed E-state index contributed by atoms with van der Waals surface area (Å²) < 4.78 is 13.3. The summed E-state index contributed by atoms with van der Waals surface area (Å²) in [6, 6.07) is 13.2. The quantitative estimate of drug-likeness (QED) is 0.477. The molecule has 1 atom stereocenters. The summed E-state index contributed by atoms with van der Waals surface area (Å²) in [4.78, 5) is 21.8. The first-order valence-electron chi connectivity index (χ1n) is 10.1. The third-order valence-corrected chi connectivity index (χ3v) is 5.89. The number of hydrogen-bond acceptors (Lipinski definition) is 5. The molecule has 1 heterocycles. The van der Waals surface area contributed by atoms with Crippen LogP contribution in [0.5, 0.6) is 0 Å². The van der Waals surface area contributed by atoms with Crippen molar-refractivity contribution >= 4 is 39.7 Å². The number of amides is 1. The number of nitrogens with zero attached hydrogens (tertiary/aromatic N) is 3. The number of thiazole rings is 1. The van der Waals surface area contributed by atoms with Gasteiger partial charge in [0.1, 0.15) is 11.9 Å². The van der Waals surface area contributed by atoms with Crippen molar-refractivity contribution < 1.29 is 9.18 Å². The number of aromatic nitrogens is 1. The van der Waals surface area contributed by atoms with Gasteiger partial charge in [-0.3, -0.25) is 4.79 Å². The van der Waals surface area contributed by atoms with Gasteiger partial charge in [-0.1, -0.05) is 18.5 Å². The molecular formula is C23H26ClFN4OS. The summed E-state index contributed by atoms with van der Waals surface area (Å²) in [7, 11) is 3.94. The maximum absolute atomic E-state index is 13.3. The zero-order chi connectivity index (χ0) is 22.4. The first-order valence-corrected chi connectivity index (χ1v) is 11.3. The Morgan fingerprint density at radius 2 is 1.84 bits per heavy atom. The van der Waals surface area contributed by atoms with Crippen LogP contribution in [0.15, 0.2) is 53.9 Å². The fraction of sp³-hybridized carbons (Fsp3) is 0.304. The molecule has 0 saturated carbocycles. The average Bonchev–Trinajstić information content (AvgIpc) is 3.22. The zero-order valence-corrected chi connectivity index (χ0v) is 19.4. The number of halogens is 2. The molecular weight excluding hydrogens is 435 g/mol. The summed E-state index contributed by atoms with van der Waals surface area (Å²) in [5, 5.41) is 6.26. The van der Waals surface area contributed by atoms with Gasteiger partial charge in [-0.15, -0.1) is 11.3 Å². The number of benzene rings is 2. The first-order chi connectivity index (χ1) is 14.9. The SMILES string of the molecule is CC[C@@H](C(=O)NCCN(C)C)N(c1ccc(Cl)cc1)c1nc(-c2ccc(F)cc2)cs1. The Labute approximate surface area is 191 Å². The van der Waals surface area contributed by atoms with Gasteiger partial charge in [-0.2, -0.15) is 0 Å². The van der Waals surface area contributed by atoms with Crippen LogP contribution in [0.3, 0.4) is 0 Å². The molecule has 1 amide bonds. The van der Waals surface area contributed by atoms with E-state index >= 15 is 0 Å². The van der Waals surface area contributed by atoms with E-state index in [2.05, 4.69) is 5.32 Å². The molecule has 1 aromatic heterocycles. The summed E-state index contributed by atoms with van der Waals surface area (Å²) in [5.74, 6) is -0.347. The zero-order valence-electron chi connectivity index (χ0n) is 17.8.